The lowest BCUT2D eigenvalue weighted by atomic mass is 10.3. The van der Waals surface area contributed by atoms with Gasteiger partial charge in [-0.25, -0.2) is 19.0 Å². The Hall–Kier alpha value is -3.88. The predicted molar refractivity (Wildman–Crippen MR) is 137 cm³/mol. The van der Waals surface area contributed by atoms with E-state index in [-0.39, 0.29) is 11.8 Å². The number of nitrogens with one attached hydrogen (secondary N) is 3. The molecule has 0 aliphatic rings. The topological polar surface area (TPSA) is 139 Å². The molecule has 0 atom stereocenters. The minimum atomic E-state index is -5.08. The molecule has 0 spiro atoms. The lowest BCUT2D eigenvalue weighted by molar-refractivity contribution is -0.192. The number of carbonyl (C=O) groups excluding carboxylic acids is 1. The molecule has 0 aliphatic heterocycles. The highest BCUT2D eigenvalue weighted by atomic mass is 19.4. The van der Waals surface area contributed by atoms with E-state index in [0.717, 1.165) is 25.8 Å². The van der Waals surface area contributed by atoms with Crippen LogP contribution in [-0.2, 0) is 4.79 Å². The van der Waals surface area contributed by atoms with E-state index in [9.17, 15) is 22.4 Å². The zero-order valence-electron chi connectivity index (χ0n) is 22.2. The Morgan fingerprint density at radius 3 is 2.33 bits per heavy atom. The van der Waals surface area contributed by atoms with Gasteiger partial charge in [0.1, 0.15) is 5.69 Å². The number of nitrogens with zero attached hydrogens (tertiary/aromatic N) is 4. The number of fused-ring (bicyclic) bond motifs is 1. The average Bonchev–Trinajstić information content (AvgIpc) is 3.47. The quantitative estimate of drug-likeness (QED) is 0.197. The maximum absolute atomic E-state index is 14.5. The van der Waals surface area contributed by atoms with Crippen LogP contribution in [0.1, 0.15) is 33.1 Å². The Labute approximate surface area is 222 Å². The van der Waals surface area contributed by atoms with Gasteiger partial charge < -0.3 is 29.9 Å². The fourth-order valence-corrected chi connectivity index (χ4v) is 3.41. The third-order valence-electron chi connectivity index (χ3n) is 5.18. The van der Waals surface area contributed by atoms with E-state index in [1.807, 2.05) is 32.8 Å². The van der Waals surface area contributed by atoms with Crippen LogP contribution in [0.25, 0.3) is 22.6 Å². The average molecular weight is 560 g/mol. The Morgan fingerprint density at radius 1 is 1.13 bits per heavy atom. The standard InChI is InChI=1S/C22H32FN7O2.C2HF3O2/c1-5-8-30(9-6-2)22(31)27-18-14-24-28-20(18)21-25-16-12-15(23)19(13-17(16)26-21)32-11-7-10-29(3)4;3-2(4,5)1(6)7/h12-14H,5-11H2,1-4H3,(H,24,28)(H,25,26)(H,27,31);(H,6,7). The van der Waals surface area contributed by atoms with E-state index < -0.39 is 18.0 Å². The molecule has 2 amide bonds. The lowest BCUT2D eigenvalue weighted by Crippen LogP contribution is -2.36. The zero-order chi connectivity index (χ0) is 29.2. The van der Waals surface area contributed by atoms with Gasteiger partial charge in [0, 0.05) is 31.8 Å². The number of anilines is 1. The van der Waals surface area contributed by atoms with Crippen molar-refractivity contribution < 1.29 is 37.0 Å². The zero-order valence-corrected chi connectivity index (χ0v) is 22.2. The molecule has 15 heteroatoms. The number of carboxylic acids is 1. The first-order valence-electron chi connectivity index (χ1n) is 12.2. The molecule has 11 nitrogen and oxygen atoms in total. The number of aliphatic carboxylic acids is 1. The van der Waals surface area contributed by atoms with Crippen molar-refractivity contribution in [3.05, 3.63) is 24.1 Å². The first-order chi connectivity index (χ1) is 18.4. The van der Waals surface area contributed by atoms with E-state index in [1.54, 1.807) is 11.0 Å². The number of benzene rings is 1. The van der Waals surface area contributed by atoms with E-state index in [0.29, 0.717) is 47.9 Å². The van der Waals surface area contributed by atoms with Crippen LogP contribution in [0.5, 0.6) is 5.75 Å². The molecular formula is C24H33F4N7O4. The second-order valence-corrected chi connectivity index (χ2v) is 8.77. The van der Waals surface area contributed by atoms with E-state index in [1.165, 1.54) is 12.3 Å². The summed E-state index contributed by atoms with van der Waals surface area (Å²) in [5.74, 6) is -2.59. The first kappa shape index (κ1) is 31.3. The van der Waals surface area contributed by atoms with E-state index in [2.05, 4.69) is 25.5 Å². The summed E-state index contributed by atoms with van der Waals surface area (Å²) in [6, 6.07) is 2.76. The van der Waals surface area contributed by atoms with Crippen molar-refractivity contribution >= 4 is 28.7 Å². The fraction of sp³-hybridized carbons (Fsp3) is 0.500. The van der Waals surface area contributed by atoms with E-state index >= 15 is 0 Å². The van der Waals surface area contributed by atoms with Gasteiger partial charge in [-0.3, -0.25) is 5.10 Å². The van der Waals surface area contributed by atoms with Gasteiger partial charge in [0.15, 0.2) is 17.4 Å². The number of aromatic amines is 2. The van der Waals surface area contributed by atoms with Crippen LogP contribution in [0.2, 0.25) is 0 Å². The van der Waals surface area contributed by atoms with Crippen molar-refractivity contribution in [2.45, 2.75) is 39.3 Å². The van der Waals surface area contributed by atoms with Gasteiger partial charge in [-0.2, -0.15) is 18.3 Å². The third-order valence-corrected chi connectivity index (χ3v) is 5.18. The molecule has 0 unspecified atom stereocenters. The first-order valence-corrected chi connectivity index (χ1v) is 12.2. The van der Waals surface area contributed by atoms with Crippen molar-refractivity contribution in [2.75, 3.05) is 45.7 Å². The Kier molecular flexibility index (Phi) is 11.5. The van der Waals surface area contributed by atoms with Gasteiger partial charge in [0.2, 0.25) is 0 Å². The molecule has 3 aromatic rings. The Bertz CT molecular complexity index is 1220. The molecular weight excluding hydrogens is 526 g/mol. The summed E-state index contributed by atoms with van der Waals surface area (Å²) in [6.07, 6.45) is -1.00. The van der Waals surface area contributed by atoms with Crippen LogP contribution in [0, 0.1) is 5.82 Å². The van der Waals surface area contributed by atoms with Crippen LogP contribution < -0.4 is 10.1 Å². The maximum atomic E-state index is 14.5. The summed E-state index contributed by atoms with van der Waals surface area (Å²) >= 11 is 0. The second kappa shape index (κ2) is 14.3. The SMILES string of the molecule is CCCN(CCC)C(=O)Nc1cn[nH]c1-c1nc2cc(OCCCN(C)C)c(F)cc2[nH]1.O=C(O)C(F)(F)F. The molecule has 0 radical (unpaired) electrons. The van der Waals surface area contributed by atoms with Crippen LogP contribution in [-0.4, -0.2) is 93.6 Å². The van der Waals surface area contributed by atoms with Gasteiger partial charge in [0.05, 0.1) is 29.5 Å². The number of alkyl halides is 3. The number of H-pyrrole nitrogens is 2. The highest BCUT2D eigenvalue weighted by molar-refractivity contribution is 5.93. The summed E-state index contributed by atoms with van der Waals surface area (Å²) in [5, 5.41) is 16.9. The van der Waals surface area contributed by atoms with Gasteiger partial charge in [-0.05, 0) is 33.4 Å². The predicted octanol–water partition coefficient (Wildman–Crippen LogP) is 4.71. The monoisotopic (exact) mass is 559 g/mol. The number of ether oxygens (including phenoxy) is 1. The summed E-state index contributed by atoms with van der Waals surface area (Å²) in [5.41, 5.74) is 2.13. The molecule has 2 aromatic heterocycles. The van der Waals surface area contributed by atoms with Crippen LogP contribution in [0.3, 0.4) is 0 Å². The van der Waals surface area contributed by atoms with Crippen molar-refractivity contribution in [3.63, 3.8) is 0 Å². The third kappa shape index (κ3) is 9.42. The Balaban J connectivity index is 0.000000673. The second-order valence-electron chi connectivity index (χ2n) is 8.77. The number of halogens is 4. The molecule has 0 aliphatic carbocycles. The van der Waals surface area contributed by atoms with Gasteiger partial charge in [0.25, 0.3) is 0 Å². The number of carboxylic acid groups (broad SMARTS) is 1. The molecule has 1 aromatic carbocycles. The van der Waals surface area contributed by atoms with Gasteiger partial charge in [-0.1, -0.05) is 13.8 Å². The van der Waals surface area contributed by atoms with Crippen molar-refractivity contribution in [3.8, 4) is 17.3 Å². The van der Waals surface area contributed by atoms with Crippen LogP contribution >= 0.6 is 0 Å². The highest BCUT2D eigenvalue weighted by Gasteiger charge is 2.38. The van der Waals surface area contributed by atoms with Crippen LogP contribution in [0.4, 0.5) is 28.0 Å². The molecule has 0 fully saturated rings. The van der Waals surface area contributed by atoms with Crippen LogP contribution in [0.15, 0.2) is 18.3 Å². The minimum absolute atomic E-state index is 0.169. The van der Waals surface area contributed by atoms with Crippen molar-refractivity contribution in [2.24, 2.45) is 0 Å². The number of hydrogen-bond acceptors (Lipinski definition) is 6. The molecule has 0 saturated heterocycles. The maximum Gasteiger partial charge on any atom is 0.490 e. The number of amides is 2. The molecule has 216 valence electrons. The smallest absolute Gasteiger partial charge is 0.490 e. The minimum Gasteiger partial charge on any atom is -0.490 e. The molecule has 2 heterocycles. The largest absolute Gasteiger partial charge is 0.490 e. The lowest BCUT2D eigenvalue weighted by Gasteiger charge is -2.21. The normalized spacial score (nSPS) is 11.3. The summed E-state index contributed by atoms with van der Waals surface area (Å²) in [4.78, 5) is 33.0. The summed E-state index contributed by atoms with van der Waals surface area (Å²) < 4.78 is 51.8. The van der Waals surface area contributed by atoms with Crippen molar-refractivity contribution in [1.82, 2.24) is 30.0 Å². The number of rotatable bonds is 11. The number of hydrogen-bond donors (Lipinski definition) is 4. The van der Waals surface area contributed by atoms with Gasteiger partial charge >= 0.3 is 18.2 Å². The highest BCUT2D eigenvalue weighted by Crippen LogP contribution is 2.29. The number of carbonyl (C=O) groups is 2. The summed E-state index contributed by atoms with van der Waals surface area (Å²) in [6.45, 7) is 6.70. The van der Waals surface area contributed by atoms with Crippen molar-refractivity contribution in [1.29, 1.82) is 0 Å². The van der Waals surface area contributed by atoms with Gasteiger partial charge in [-0.15, -0.1) is 0 Å². The molecule has 0 bridgehead atoms. The number of urea groups is 1. The number of aromatic nitrogens is 4. The molecule has 0 saturated carbocycles. The molecule has 3 rings (SSSR count). The molecule has 4 N–H and O–H groups in total. The number of imidazole rings is 1. The fourth-order valence-electron chi connectivity index (χ4n) is 3.41. The Morgan fingerprint density at radius 2 is 1.77 bits per heavy atom. The summed E-state index contributed by atoms with van der Waals surface area (Å²) in [7, 11) is 3.96. The molecule has 39 heavy (non-hydrogen) atoms. The van der Waals surface area contributed by atoms with E-state index in [4.69, 9.17) is 14.6 Å².